The van der Waals surface area contributed by atoms with E-state index in [4.69, 9.17) is 4.74 Å². The standard InChI is InChI=1S/C31H40N4O4.ClH/c1-18(32-4)28(36)34-25-15-20-13-14-21(39-5)16-23(20)26-17-31(2,3)27(35(26)30(25)38)29(37)33-24-12-8-10-19-9-6-7-11-22(19)24;/h6-7,9,11,13-14,16,18,24-27,32H,8,10,12,15,17H2,1-5H3,(H,33,37)(H,34,36);1H/t18?,24-,25+,26-,27?;/m1./s1. The first-order chi connectivity index (χ1) is 18.6. The van der Waals surface area contributed by atoms with Gasteiger partial charge in [0.25, 0.3) is 0 Å². The van der Waals surface area contributed by atoms with Gasteiger partial charge in [0.1, 0.15) is 17.8 Å². The second kappa shape index (κ2) is 11.8. The summed E-state index contributed by atoms with van der Waals surface area (Å²) in [5.41, 5.74) is 3.91. The fourth-order valence-electron chi connectivity index (χ4n) is 6.66. The Hall–Kier alpha value is -3.10. The van der Waals surface area contributed by atoms with E-state index in [0.717, 1.165) is 36.0 Å². The van der Waals surface area contributed by atoms with Crippen LogP contribution in [0, 0.1) is 5.41 Å². The van der Waals surface area contributed by atoms with Crippen molar-refractivity contribution >= 4 is 30.1 Å². The van der Waals surface area contributed by atoms with Crippen LogP contribution in [0.3, 0.4) is 0 Å². The van der Waals surface area contributed by atoms with Crippen molar-refractivity contribution in [2.75, 3.05) is 14.2 Å². The Morgan fingerprint density at radius 2 is 1.80 bits per heavy atom. The van der Waals surface area contributed by atoms with Crippen LogP contribution in [-0.2, 0) is 27.2 Å². The number of fused-ring (bicyclic) bond motifs is 4. The number of ether oxygens (including phenoxy) is 1. The summed E-state index contributed by atoms with van der Waals surface area (Å²) in [5.74, 6) is 0.0961. The highest BCUT2D eigenvalue weighted by Gasteiger charge is 2.55. The van der Waals surface area contributed by atoms with Gasteiger partial charge in [0.2, 0.25) is 17.7 Å². The van der Waals surface area contributed by atoms with Crippen molar-refractivity contribution < 1.29 is 19.1 Å². The average molecular weight is 569 g/mol. The molecule has 5 atom stereocenters. The molecule has 0 aromatic heterocycles. The molecule has 3 amide bonds. The Kier molecular flexibility index (Phi) is 8.80. The molecular formula is C31H41ClN4O4. The van der Waals surface area contributed by atoms with Crippen LogP contribution in [0.5, 0.6) is 5.75 Å². The van der Waals surface area contributed by atoms with Gasteiger partial charge in [-0.25, -0.2) is 0 Å². The molecule has 1 aliphatic carbocycles. The van der Waals surface area contributed by atoms with Gasteiger partial charge in [0.05, 0.1) is 25.2 Å². The van der Waals surface area contributed by atoms with Crippen LogP contribution in [0.4, 0.5) is 0 Å². The number of carbonyl (C=O) groups is 3. The average Bonchev–Trinajstić information content (AvgIpc) is 3.17. The van der Waals surface area contributed by atoms with E-state index in [-0.39, 0.29) is 42.2 Å². The number of nitrogens with zero attached hydrogens (tertiary/aromatic N) is 1. The van der Waals surface area contributed by atoms with Gasteiger partial charge in [-0.1, -0.05) is 44.2 Å². The summed E-state index contributed by atoms with van der Waals surface area (Å²) in [6.45, 7) is 5.88. The Morgan fingerprint density at radius 1 is 1.05 bits per heavy atom. The molecule has 3 N–H and O–H groups in total. The molecule has 0 radical (unpaired) electrons. The largest absolute Gasteiger partial charge is 0.497 e. The smallest absolute Gasteiger partial charge is 0.246 e. The lowest BCUT2D eigenvalue weighted by molar-refractivity contribution is -0.145. The van der Waals surface area contributed by atoms with E-state index in [0.29, 0.717) is 18.6 Å². The molecule has 8 nitrogen and oxygen atoms in total. The number of rotatable bonds is 6. The lowest BCUT2D eigenvalue weighted by Gasteiger charge is -2.36. The van der Waals surface area contributed by atoms with E-state index in [1.807, 2.05) is 30.3 Å². The van der Waals surface area contributed by atoms with E-state index in [1.165, 1.54) is 5.56 Å². The first kappa shape index (κ1) is 29.9. The number of carbonyl (C=O) groups excluding carboxylic acids is 3. The first-order valence-corrected chi connectivity index (χ1v) is 14.0. The van der Waals surface area contributed by atoms with Gasteiger partial charge in [-0.05, 0) is 79.5 Å². The minimum atomic E-state index is -0.773. The van der Waals surface area contributed by atoms with Gasteiger partial charge in [0, 0.05) is 6.42 Å². The van der Waals surface area contributed by atoms with Crippen molar-refractivity contribution in [3.8, 4) is 5.75 Å². The van der Waals surface area contributed by atoms with E-state index >= 15 is 0 Å². The molecule has 40 heavy (non-hydrogen) atoms. The van der Waals surface area contributed by atoms with Crippen molar-refractivity contribution in [3.63, 3.8) is 0 Å². The van der Waals surface area contributed by atoms with Crippen LogP contribution in [0.25, 0.3) is 0 Å². The molecule has 0 spiro atoms. The van der Waals surface area contributed by atoms with Gasteiger partial charge in [-0.15, -0.1) is 12.4 Å². The summed E-state index contributed by atoms with van der Waals surface area (Å²) in [6, 6.07) is 11.8. The molecular weight excluding hydrogens is 528 g/mol. The summed E-state index contributed by atoms with van der Waals surface area (Å²) >= 11 is 0. The predicted octanol–water partition coefficient (Wildman–Crippen LogP) is 3.63. The van der Waals surface area contributed by atoms with Crippen LogP contribution < -0.4 is 20.7 Å². The Labute approximate surface area is 243 Å². The van der Waals surface area contributed by atoms with Crippen LogP contribution >= 0.6 is 12.4 Å². The number of aryl methyl sites for hydroxylation is 1. The molecule has 3 aliphatic rings. The maximum Gasteiger partial charge on any atom is 0.246 e. The molecule has 1 saturated heterocycles. The summed E-state index contributed by atoms with van der Waals surface area (Å²) in [4.78, 5) is 43.0. The molecule has 9 heteroatoms. The number of likely N-dealkylation sites (N-methyl/N-ethyl adjacent to an activating group) is 1. The SMILES string of the molecule is CNC(C)C(=O)N[C@H]1Cc2ccc(OC)cc2[C@H]2CC(C)(C)C(C(=O)N[C@@H]3CCCc4ccccc43)N2C1=O.Cl. The van der Waals surface area contributed by atoms with Gasteiger partial charge >= 0.3 is 0 Å². The molecule has 0 bridgehead atoms. The van der Waals surface area contributed by atoms with Gasteiger partial charge in [-0.2, -0.15) is 0 Å². The number of halogens is 1. The van der Waals surface area contributed by atoms with Crippen molar-refractivity contribution in [1.82, 2.24) is 20.9 Å². The molecule has 2 aromatic carbocycles. The summed E-state index contributed by atoms with van der Waals surface area (Å²) in [5, 5.41) is 9.23. The number of methoxy groups -OCH3 is 1. The van der Waals surface area contributed by atoms with Crippen LogP contribution in [0.2, 0.25) is 0 Å². The van der Waals surface area contributed by atoms with Crippen molar-refractivity contribution in [2.24, 2.45) is 5.41 Å². The van der Waals surface area contributed by atoms with Gasteiger partial charge < -0.3 is 25.6 Å². The van der Waals surface area contributed by atoms with Crippen molar-refractivity contribution in [2.45, 2.75) is 83.1 Å². The number of hydrogen-bond acceptors (Lipinski definition) is 5. The molecule has 0 saturated carbocycles. The second-order valence-corrected chi connectivity index (χ2v) is 11.8. The highest BCUT2D eigenvalue weighted by Crippen LogP contribution is 2.50. The summed E-state index contributed by atoms with van der Waals surface area (Å²) in [6.07, 6.45) is 3.87. The monoisotopic (exact) mass is 568 g/mol. The summed E-state index contributed by atoms with van der Waals surface area (Å²) in [7, 11) is 3.34. The minimum Gasteiger partial charge on any atom is -0.497 e. The highest BCUT2D eigenvalue weighted by molar-refractivity contribution is 5.95. The van der Waals surface area contributed by atoms with E-state index in [2.05, 4.69) is 41.9 Å². The number of benzene rings is 2. The van der Waals surface area contributed by atoms with Crippen molar-refractivity contribution in [3.05, 3.63) is 64.7 Å². The molecule has 2 heterocycles. The number of nitrogens with one attached hydrogen (secondary N) is 3. The number of hydrogen-bond donors (Lipinski definition) is 3. The maximum absolute atomic E-state index is 14.3. The maximum atomic E-state index is 14.3. The number of amides is 3. The van der Waals surface area contributed by atoms with Crippen LogP contribution in [0.1, 0.15) is 74.4 Å². The zero-order valence-electron chi connectivity index (χ0n) is 24.0. The third-order valence-corrected chi connectivity index (χ3v) is 8.84. The molecule has 2 aliphatic heterocycles. The fourth-order valence-corrected chi connectivity index (χ4v) is 6.66. The minimum absolute atomic E-state index is 0. The van der Waals surface area contributed by atoms with Gasteiger partial charge in [-0.3, -0.25) is 14.4 Å². The zero-order chi connectivity index (χ0) is 27.9. The van der Waals surface area contributed by atoms with Crippen LogP contribution in [0.15, 0.2) is 42.5 Å². The first-order valence-electron chi connectivity index (χ1n) is 14.0. The lowest BCUT2D eigenvalue weighted by atomic mass is 9.81. The summed E-state index contributed by atoms with van der Waals surface area (Å²) < 4.78 is 5.53. The molecule has 5 rings (SSSR count). The lowest BCUT2D eigenvalue weighted by Crippen LogP contribution is -2.57. The van der Waals surface area contributed by atoms with Crippen LogP contribution in [-0.4, -0.2) is 54.9 Å². The Bertz CT molecular complexity index is 1280. The Morgan fingerprint density at radius 3 is 2.52 bits per heavy atom. The quantitative estimate of drug-likeness (QED) is 0.494. The zero-order valence-corrected chi connectivity index (χ0v) is 24.8. The molecule has 216 valence electrons. The molecule has 1 fully saturated rings. The molecule has 2 aromatic rings. The third-order valence-electron chi connectivity index (χ3n) is 8.84. The highest BCUT2D eigenvalue weighted by atomic mass is 35.5. The fraction of sp³-hybridized carbons (Fsp3) is 0.516. The van der Waals surface area contributed by atoms with E-state index < -0.39 is 23.5 Å². The Balaban J connectivity index is 0.00000370. The molecule has 2 unspecified atom stereocenters. The van der Waals surface area contributed by atoms with E-state index in [9.17, 15) is 14.4 Å². The van der Waals surface area contributed by atoms with E-state index in [1.54, 1.807) is 26.0 Å². The van der Waals surface area contributed by atoms with Crippen molar-refractivity contribution in [1.29, 1.82) is 0 Å². The second-order valence-electron chi connectivity index (χ2n) is 11.8. The normalized spacial score (nSPS) is 25.3. The van der Waals surface area contributed by atoms with Gasteiger partial charge in [0.15, 0.2) is 0 Å². The topological polar surface area (TPSA) is 99.8 Å². The predicted molar refractivity (Wildman–Crippen MR) is 156 cm³/mol. The third kappa shape index (κ3) is 5.44.